The van der Waals surface area contributed by atoms with Crippen LogP contribution in [0.4, 0.5) is 11.4 Å². The first-order valence-electron chi connectivity index (χ1n) is 9.03. The predicted octanol–water partition coefficient (Wildman–Crippen LogP) is 1.83. The van der Waals surface area contributed by atoms with Gasteiger partial charge in [-0.15, -0.1) is 0 Å². The molecular formula is C19H22N2O8S2. The van der Waals surface area contributed by atoms with Crippen molar-refractivity contribution in [1.29, 1.82) is 0 Å². The highest BCUT2D eigenvalue weighted by Gasteiger charge is 2.42. The topological polar surface area (TPSA) is 128 Å². The molecule has 2 aromatic rings. The normalized spacial score (nSPS) is 18.0. The predicted molar refractivity (Wildman–Crippen MR) is 114 cm³/mol. The lowest BCUT2D eigenvalue weighted by Gasteiger charge is -2.19. The third-order valence-corrected chi connectivity index (χ3v) is 7.94. The highest BCUT2D eigenvalue weighted by Crippen LogP contribution is 2.36. The summed E-state index contributed by atoms with van der Waals surface area (Å²) in [6.45, 7) is 1.50. The number of amides is 1. The van der Waals surface area contributed by atoms with Crippen molar-refractivity contribution in [2.24, 2.45) is 5.92 Å². The van der Waals surface area contributed by atoms with Gasteiger partial charge < -0.3 is 14.2 Å². The maximum atomic E-state index is 13.2. The standard InChI is InChI=1S/C19H22N2O8S2/c1-12-11-30(23,24)21(19(12)22)13-5-7-17(29-4)18(9-13)31(25,26)20-15-10-14(27-2)6-8-16(15)28-3/h5-10,12,20H,11H2,1-4H3/t12-/m0/s1. The summed E-state index contributed by atoms with van der Waals surface area (Å²) in [5.41, 5.74) is 0.0148. The van der Waals surface area contributed by atoms with E-state index in [9.17, 15) is 21.6 Å². The highest BCUT2D eigenvalue weighted by molar-refractivity contribution is 7.94. The molecule has 1 aliphatic heterocycles. The van der Waals surface area contributed by atoms with E-state index >= 15 is 0 Å². The van der Waals surface area contributed by atoms with E-state index in [1.54, 1.807) is 6.07 Å². The van der Waals surface area contributed by atoms with Crippen molar-refractivity contribution in [2.75, 3.05) is 36.1 Å². The van der Waals surface area contributed by atoms with E-state index in [0.29, 0.717) is 10.1 Å². The molecule has 0 aromatic heterocycles. The third kappa shape index (κ3) is 4.26. The van der Waals surface area contributed by atoms with Gasteiger partial charge in [-0.1, -0.05) is 6.92 Å². The first kappa shape index (κ1) is 22.7. The van der Waals surface area contributed by atoms with Crippen LogP contribution in [0.5, 0.6) is 17.2 Å². The molecule has 3 rings (SSSR count). The van der Waals surface area contributed by atoms with E-state index in [2.05, 4.69) is 4.72 Å². The number of sulfonamides is 2. The number of hydrogen-bond acceptors (Lipinski definition) is 8. The molecule has 10 nitrogen and oxygen atoms in total. The molecule has 0 saturated carbocycles. The van der Waals surface area contributed by atoms with Gasteiger partial charge in [-0.2, -0.15) is 0 Å². The number of nitrogens with zero attached hydrogens (tertiary/aromatic N) is 1. The SMILES string of the molecule is COc1ccc(OC)c(NS(=O)(=O)c2cc(N3C(=O)[C@@H](C)CS3(=O)=O)ccc2OC)c1. The molecule has 12 heteroatoms. The van der Waals surface area contributed by atoms with E-state index in [0.717, 1.165) is 6.07 Å². The number of ether oxygens (including phenoxy) is 3. The van der Waals surface area contributed by atoms with Gasteiger partial charge in [0.2, 0.25) is 15.9 Å². The monoisotopic (exact) mass is 470 g/mol. The van der Waals surface area contributed by atoms with Gasteiger partial charge in [0.15, 0.2) is 0 Å². The molecule has 1 N–H and O–H groups in total. The molecule has 1 aliphatic rings. The van der Waals surface area contributed by atoms with Crippen LogP contribution in [0.15, 0.2) is 41.3 Å². The molecule has 168 valence electrons. The van der Waals surface area contributed by atoms with Gasteiger partial charge in [-0.05, 0) is 30.3 Å². The van der Waals surface area contributed by atoms with Crippen LogP contribution in [0.2, 0.25) is 0 Å². The molecule has 0 spiro atoms. The first-order chi connectivity index (χ1) is 14.5. The van der Waals surface area contributed by atoms with Crippen molar-refractivity contribution in [3.05, 3.63) is 36.4 Å². The summed E-state index contributed by atoms with van der Waals surface area (Å²) in [7, 11) is -4.09. The third-order valence-electron chi connectivity index (χ3n) is 4.68. The number of methoxy groups -OCH3 is 3. The largest absolute Gasteiger partial charge is 0.497 e. The summed E-state index contributed by atoms with van der Waals surface area (Å²) in [6, 6.07) is 8.25. The molecule has 1 amide bonds. The second-order valence-corrected chi connectivity index (χ2v) is 10.3. The Bertz CT molecular complexity index is 1230. The van der Waals surface area contributed by atoms with E-state index in [1.807, 2.05) is 0 Å². The Morgan fingerprint density at radius 1 is 1.00 bits per heavy atom. The van der Waals surface area contributed by atoms with E-state index in [1.165, 1.54) is 52.5 Å². The van der Waals surface area contributed by atoms with Crippen LogP contribution in [0.25, 0.3) is 0 Å². The van der Waals surface area contributed by atoms with Crippen LogP contribution in [-0.2, 0) is 24.8 Å². The maximum Gasteiger partial charge on any atom is 0.265 e. The fourth-order valence-corrected chi connectivity index (χ4v) is 6.25. The molecule has 1 saturated heterocycles. The Kier molecular flexibility index (Phi) is 6.05. The van der Waals surface area contributed by atoms with E-state index in [-0.39, 0.29) is 33.5 Å². The second-order valence-electron chi connectivity index (χ2n) is 6.79. The molecule has 0 bridgehead atoms. The Morgan fingerprint density at radius 3 is 2.19 bits per heavy atom. The van der Waals surface area contributed by atoms with Gasteiger partial charge in [0, 0.05) is 6.07 Å². The molecule has 1 fully saturated rings. The lowest BCUT2D eigenvalue weighted by Crippen LogP contribution is -2.30. The van der Waals surface area contributed by atoms with Gasteiger partial charge in [0.05, 0.1) is 44.4 Å². The second kappa shape index (κ2) is 8.27. The number of carbonyl (C=O) groups is 1. The van der Waals surface area contributed by atoms with Gasteiger partial charge >= 0.3 is 0 Å². The summed E-state index contributed by atoms with van der Waals surface area (Å²) < 4.78 is 69.7. The molecule has 0 aliphatic carbocycles. The zero-order valence-corrected chi connectivity index (χ0v) is 18.9. The van der Waals surface area contributed by atoms with Crippen molar-refractivity contribution in [3.8, 4) is 17.2 Å². The lowest BCUT2D eigenvalue weighted by atomic mass is 10.2. The van der Waals surface area contributed by atoms with Crippen LogP contribution in [0, 0.1) is 5.92 Å². The maximum absolute atomic E-state index is 13.2. The average Bonchev–Trinajstić information content (AvgIpc) is 2.93. The minimum Gasteiger partial charge on any atom is -0.497 e. The number of anilines is 2. The summed E-state index contributed by atoms with van der Waals surface area (Å²) in [4.78, 5) is 12.1. The van der Waals surface area contributed by atoms with Gasteiger partial charge in [0.1, 0.15) is 22.1 Å². The lowest BCUT2D eigenvalue weighted by molar-refractivity contribution is -0.119. The fourth-order valence-electron chi connectivity index (χ4n) is 3.18. The van der Waals surface area contributed by atoms with Crippen molar-refractivity contribution in [2.45, 2.75) is 11.8 Å². The Hall–Kier alpha value is -2.99. The molecule has 0 unspecified atom stereocenters. The Labute approximate surface area is 180 Å². The molecule has 2 aromatic carbocycles. The highest BCUT2D eigenvalue weighted by atomic mass is 32.2. The Morgan fingerprint density at radius 2 is 1.65 bits per heavy atom. The van der Waals surface area contributed by atoms with Crippen molar-refractivity contribution >= 4 is 37.3 Å². The minimum atomic E-state index is -4.28. The molecule has 1 atom stereocenters. The number of benzene rings is 2. The summed E-state index contributed by atoms with van der Waals surface area (Å²) >= 11 is 0. The number of hydrogen-bond donors (Lipinski definition) is 1. The van der Waals surface area contributed by atoms with Crippen LogP contribution in [-0.4, -0.2) is 49.8 Å². The van der Waals surface area contributed by atoms with Crippen LogP contribution < -0.4 is 23.2 Å². The zero-order chi connectivity index (χ0) is 23.0. The summed E-state index contributed by atoms with van der Waals surface area (Å²) in [5, 5.41) is 0. The van der Waals surface area contributed by atoms with E-state index in [4.69, 9.17) is 14.2 Å². The Balaban J connectivity index is 2.10. The molecule has 0 radical (unpaired) electrons. The van der Waals surface area contributed by atoms with Crippen LogP contribution >= 0.6 is 0 Å². The van der Waals surface area contributed by atoms with Crippen LogP contribution in [0.1, 0.15) is 6.92 Å². The van der Waals surface area contributed by atoms with E-state index < -0.39 is 31.9 Å². The fraction of sp³-hybridized carbons (Fsp3) is 0.316. The number of nitrogens with one attached hydrogen (secondary N) is 1. The quantitative estimate of drug-likeness (QED) is 0.649. The summed E-state index contributed by atoms with van der Waals surface area (Å²) in [6.07, 6.45) is 0. The zero-order valence-electron chi connectivity index (χ0n) is 17.3. The minimum absolute atomic E-state index is 0.0322. The molecule has 31 heavy (non-hydrogen) atoms. The smallest absolute Gasteiger partial charge is 0.265 e. The number of rotatable bonds is 7. The van der Waals surface area contributed by atoms with Gasteiger partial charge in [0.25, 0.3) is 10.0 Å². The van der Waals surface area contributed by atoms with Crippen molar-refractivity contribution in [3.63, 3.8) is 0 Å². The van der Waals surface area contributed by atoms with Crippen molar-refractivity contribution < 1.29 is 35.8 Å². The van der Waals surface area contributed by atoms with Crippen molar-refractivity contribution in [1.82, 2.24) is 0 Å². The van der Waals surface area contributed by atoms with Gasteiger partial charge in [-0.25, -0.2) is 21.1 Å². The van der Waals surface area contributed by atoms with Gasteiger partial charge in [-0.3, -0.25) is 9.52 Å². The molecular weight excluding hydrogens is 448 g/mol. The van der Waals surface area contributed by atoms with Crippen LogP contribution in [0.3, 0.4) is 0 Å². The number of carbonyl (C=O) groups excluding carboxylic acids is 1. The summed E-state index contributed by atoms with van der Waals surface area (Å²) in [5.74, 6) is -1.11. The average molecular weight is 471 g/mol. The molecule has 1 heterocycles. The first-order valence-corrected chi connectivity index (χ1v) is 12.1.